The Morgan fingerprint density at radius 1 is 0.917 bits per heavy atom. The average molecular weight is 327 g/mol. The number of carbonyl (C=O) groups is 1. The van der Waals surface area contributed by atoms with E-state index in [-0.39, 0.29) is 5.91 Å². The number of ether oxygens (including phenoxy) is 3. The molecule has 0 bridgehead atoms. The van der Waals surface area contributed by atoms with Gasteiger partial charge >= 0.3 is 0 Å². The second-order valence-electron chi connectivity index (χ2n) is 5.12. The molecule has 24 heavy (non-hydrogen) atoms. The molecule has 5 heteroatoms. The highest BCUT2D eigenvalue weighted by molar-refractivity contribution is 6.06. The third-order valence-corrected chi connectivity index (χ3v) is 3.50. The summed E-state index contributed by atoms with van der Waals surface area (Å²) in [6.07, 6.45) is 1.79. The van der Waals surface area contributed by atoms with Gasteiger partial charge in [-0.15, -0.1) is 0 Å². The van der Waals surface area contributed by atoms with E-state index in [1.807, 2.05) is 12.1 Å². The summed E-state index contributed by atoms with van der Waals surface area (Å²) in [5, 5.41) is 2.85. The van der Waals surface area contributed by atoms with Crippen molar-refractivity contribution in [1.29, 1.82) is 0 Å². The average Bonchev–Trinajstić information content (AvgIpc) is 2.62. The van der Waals surface area contributed by atoms with Gasteiger partial charge in [-0.1, -0.05) is 6.07 Å². The summed E-state index contributed by atoms with van der Waals surface area (Å²) in [5.41, 5.74) is 2.15. The molecule has 0 aliphatic rings. The fraction of sp³-hybridized carbons (Fsp3) is 0.211. The number of benzene rings is 2. The normalized spacial score (nSPS) is 10.9. The molecule has 1 amide bonds. The Bertz CT molecular complexity index is 736. The maximum atomic E-state index is 12.3. The van der Waals surface area contributed by atoms with Crippen LogP contribution in [0.2, 0.25) is 0 Å². The van der Waals surface area contributed by atoms with E-state index < -0.39 is 0 Å². The van der Waals surface area contributed by atoms with Gasteiger partial charge in [-0.3, -0.25) is 4.79 Å². The molecule has 0 aromatic heterocycles. The van der Waals surface area contributed by atoms with Crippen molar-refractivity contribution in [1.82, 2.24) is 0 Å². The number of carbonyl (C=O) groups excluding carboxylic acids is 1. The zero-order chi connectivity index (χ0) is 17.5. The fourth-order valence-corrected chi connectivity index (χ4v) is 2.16. The molecule has 0 saturated heterocycles. The Morgan fingerprint density at radius 3 is 2.17 bits per heavy atom. The minimum absolute atomic E-state index is 0.171. The molecule has 5 nitrogen and oxygen atoms in total. The zero-order valence-electron chi connectivity index (χ0n) is 14.3. The second-order valence-corrected chi connectivity index (χ2v) is 5.12. The molecular weight excluding hydrogens is 306 g/mol. The zero-order valence-corrected chi connectivity index (χ0v) is 14.3. The van der Waals surface area contributed by atoms with Crippen molar-refractivity contribution in [2.75, 3.05) is 26.6 Å². The van der Waals surface area contributed by atoms with Crippen LogP contribution in [0.3, 0.4) is 0 Å². The minimum atomic E-state index is -0.171. The monoisotopic (exact) mass is 327 g/mol. The highest BCUT2D eigenvalue weighted by Crippen LogP contribution is 2.28. The van der Waals surface area contributed by atoms with Gasteiger partial charge < -0.3 is 19.5 Å². The maximum Gasteiger partial charge on any atom is 0.251 e. The quantitative estimate of drug-likeness (QED) is 0.821. The van der Waals surface area contributed by atoms with E-state index in [1.165, 1.54) is 0 Å². The lowest BCUT2D eigenvalue weighted by Crippen LogP contribution is -2.12. The van der Waals surface area contributed by atoms with Crippen molar-refractivity contribution in [3.05, 3.63) is 53.6 Å². The van der Waals surface area contributed by atoms with Crippen LogP contribution in [0.5, 0.6) is 17.2 Å². The topological polar surface area (TPSA) is 56.8 Å². The lowest BCUT2D eigenvalue weighted by Gasteiger charge is -2.09. The highest BCUT2D eigenvalue weighted by atomic mass is 16.5. The van der Waals surface area contributed by atoms with E-state index in [0.29, 0.717) is 22.8 Å². The summed E-state index contributed by atoms with van der Waals surface area (Å²) in [5.74, 6) is 1.84. The van der Waals surface area contributed by atoms with Crippen LogP contribution in [0.25, 0.3) is 6.08 Å². The lowest BCUT2D eigenvalue weighted by atomic mass is 10.1. The Hall–Kier alpha value is -2.95. The fourth-order valence-electron chi connectivity index (χ4n) is 2.16. The Balaban J connectivity index is 2.12. The Morgan fingerprint density at radius 2 is 1.58 bits per heavy atom. The van der Waals surface area contributed by atoms with Gasteiger partial charge in [0.1, 0.15) is 5.75 Å². The van der Waals surface area contributed by atoms with Crippen molar-refractivity contribution >= 4 is 17.7 Å². The molecule has 0 fully saturated rings. The van der Waals surface area contributed by atoms with Gasteiger partial charge in [0, 0.05) is 11.3 Å². The van der Waals surface area contributed by atoms with Crippen LogP contribution in [0.1, 0.15) is 12.5 Å². The molecule has 0 unspecified atom stereocenters. The van der Waals surface area contributed by atoms with Gasteiger partial charge in [0.2, 0.25) is 0 Å². The first kappa shape index (κ1) is 17.4. The summed E-state index contributed by atoms with van der Waals surface area (Å²) in [7, 11) is 4.76. The summed E-state index contributed by atoms with van der Waals surface area (Å²) >= 11 is 0. The smallest absolute Gasteiger partial charge is 0.251 e. The molecule has 0 heterocycles. The van der Waals surface area contributed by atoms with E-state index in [0.717, 1.165) is 11.3 Å². The van der Waals surface area contributed by atoms with Crippen LogP contribution >= 0.6 is 0 Å². The number of rotatable bonds is 6. The third-order valence-electron chi connectivity index (χ3n) is 3.50. The van der Waals surface area contributed by atoms with Gasteiger partial charge in [0.15, 0.2) is 11.5 Å². The molecular formula is C19H21NO4. The van der Waals surface area contributed by atoms with Crippen LogP contribution in [0, 0.1) is 0 Å². The van der Waals surface area contributed by atoms with Crippen molar-refractivity contribution in [3.8, 4) is 17.2 Å². The first-order valence-electron chi connectivity index (χ1n) is 7.43. The number of hydrogen-bond acceptors (Lipinski definition) is 4. The standard InChI is InChI=1S/C19H21NO4/c1-13(11-14-5-10-17(23-3)18(12-14)24-4)19(21)20-15-6-8-16(22-2)9-7-15/h5-12H,1-4H3,(H,20,21)/b13-11+. The van der Waals surface area contributed by atoms with Crippen molar-refractivity contribution in [2.45, 2.75) is 6.92 Å². The SMILES string of the molecule is COc1ccc(NC(=O)/C(C)=C/c2ccc(OC)c(OC)c2)cc1. The number of amides is 1. The van der Waals surface area contributed by atoms with E-state index in [1.54, 1.807) is 64.7 Å². The number of nitrogens with one attached hydrogen (secondary N) is 1. The van der Waals surface area contributed by atoms with E-state index in [2.05, 4.69) is 5.32 Å². The molecule has 1 N–H and O–H groups in total. The predicted octanol–water partition coefficient (Wildman–Crippen LogP) is 3.75. The van der Waals surface area contributed by atoms with Gasteiger partial charge in [-0.2, -0.15) is 0 Å². The molecule has 2 rings (SSSR count). The van der Waals surface area contributed by atoms with Crippen molar-refractivity contribution < 1.29 is 19.0 Å². The van der Waals surface area contributed by atoms with Crippen LogP contribution in [-0.2, 0) is 4.79 Å². The summed E-state index contributed by atoms with van der Waals surface area (Å²) in [6, 6.07) is 12.7. The first-order valence-corrected chi connectivity index (χ1v) is 7.43. The molecule has 126 valence electrons. The number of anilines is 1. The molecule has 0 atom stereocenters. The molecule has 0 spiro atoms. The van der Waals surface area contributed by atoms with Crippen LogP contribution < -0.4 is 19.5 Å². The minimum Gasteiger partial charge on any atom is -0.497 e. The molecule has 0 aliphatic carbocycles. The first-order chi connectivity index (χ1) is 11.6. The summed E-state index contributed by atoms with van der Waals surface area (Å²) < 4.78 is 15.6. The van der Waals surface area contributed by atoms with Gasteiger partial charge in [-0.25, -0.2) is 0 Å². The molecule has 0 aliphatic heterocycles. The van der Waals surface area contributed by atoms with Crippen LogP contribution in [0.4, 0.5) is 5.69 Å². The summed E-state index contributed by atoms with van der Waals surface area (Å²) in [4.78, 5) is 12.3. The summed E-state index contributed by atoms with van der Waals surface area (Å²) in [6.45, 7) is 1.76. The third kappa shape index (κ3) is 4.29. The highest BCUT2D eigenvalue weighted by Gasteiger charge is 2.07. The molecule has 0 radical (unpaired) electrons. The van der Waals surface area contributed by atoms with Gasteiger partial charge in [0.05, 0.1) is 21.3 Å². The second kappa shape index (κ2) is 8.06. The van der Waals surface area contributed by atoms with Crippen molar-refractivity contribution in [3.63, 3.8) is 0 Å². The predicted molar refractivity (Wildman–Crippen MR) is 94.8 cm³/mol. The van der Waals surface area contributed by atoms with Crippen LogP contribution in [-0.4, -0.2) is 27.2 Å². The maximum absolute atomic E-state index is 12.3. The van der Waals surface area contributed by atoms with E-state index in [9.17, 15) is 4.79 Å². The van der Waals surface area contributed by atoms with Gasteiger partial charge in [0.25, 0.3) is 5.91 Å². The number of methoxy groups -OCH3 is 3. The largest absolute Gasteiger partial charge is 0.497 e. The number of hydrogen-bond donors (Lipinski definition) is 1. The Labute approximate surface area is 141 Å². The lowest BCUT2D eigenvalue weighted by molar-refractivity contribution is -0.112. The van der Waals surface area contributed by atoms with E-state index in [4.69, 9.17) is 14.2 Å². The molecule has 2 aromatic rings. The Kier molecular flexibility index (Phi) is 5.84. The van der Waals surface area contributed by atoms with Gasteiger partial charge in [-0.05, 0) is 55.0 Å². The van der Waals surface area contributed by atoms with Crippen LogP contribution in [0.15, 0.2) is 48.0 Å². The van der Waals surface area contributed by atoms with Crippen molar-refractivity contribution in [2.24, 2.45) is 0 Å². The molecule has 2 aromatic carbocycles. The molecule has 0 saturated carbocycles. The van der Waals surface area contributed by atoms with E-state index >= 15 is 0 Å².